The molecule has 194 valence electrons. The van der Waals surface area contributed by atoms with E-state index in [4.69, 9.17) is 0 Å². The maximum Gasteiger partial charge on any atom is 0.275 e. The first-order chi connectivity index (χ1) is 18.5. The van der Waals surface area contributed by atoms with Gasteiger partial charge < -0.3 is 25.8 Å². The number of thiophene rings is 1. The van der Waals surface area contributed by atoms with Crippen LogP contribution in [0.3, 0.4) is 0 Å². The Morgan fingerprint density at radius 3 is 2.29 bits per heavy atom. The SMILES string of the molecule is Cc1c(NC(=O)c2cn3c(n2)CNCC3)cccc1-c1cccc(NC(=O)c2cc3c(s2)CNCC3)c1C. The highest BCUT2D eigenvalue weighted by molar-refractivity contribution is 7.14. The Hall–Kier alpha value is -3.79. The van der Waals surface area contributed by atoms with Crippen molar-refractivity contribution >= 4 is 34.5 Å². The highest BCUT2D eigenvalue weighted by atomic mass is 32.1. The second-order valence-corrected chi connectivity index (χ2v) is 10.9. The molecule has 0 atom stereocenters. The number of carbonyl (C=O) groups excluding carboxylic acids is 2. The number of nitrogens with one attached hydrogen (secondary N) is 4. The minimum absolute atomic E-state index is 0.0830. The highest BCUT2D eigenvalue weighted by Crippen LogP contribution is 2.34. The van der Waals surface area contributed by atoms with Crippen LogP contribution in [0.2, 0.25) is 0 Å². The smallest absolute Gasteiger partial charge is 0.275 e. The molecule has 0 bridgehead atoms. The molecule has 2 aromatic heterocycles. The molecule has 0 aliphatic carbocycles. The average Bonchev–Trinajstić information content (AvgIpc) is 3.56. The second kappa shape index (κ2) is 10.2. The summed E-state index contributed by atoms with van der Waals surface area (Å²) in [6, 6.07) is 13.8. The predicted octanol–water partition coefficient (Wildman–Crippen LogP) is 4.48. The van der Waals surface area contributed by atoms with Gasteiger partial charge in [-0.15, -0.1) is 11.3 Å². The lowest BCUT2D eigenvalue weighted by Gasteiger charge is -2.16. The van der Waals surface area contributed by atoms with E-state index < -0.39 is 0 Å². The molecule has 2 aromatic carbocycles. The Kier molecular flexibility index (Phi) is 6.57. The fourth-order valence-electron chi connectivity index (χ4n) is 5.16. The van der Waals surface area contributed by atoms with Crippen LogP contribution in [0.25, 0.3) is 11.1 Å². The number of rotatable bonds is 5. The number of anilines is 2. The van der Waals surface area contributed by atoms with E-state index >= 15 is 0 Å². The lowest BCUT2D eigenvalue weighted by molar-refractivity contribution is 0.101. The zero-order valence-electron chi connectivity index (χ0n) is 21.5. The van der Waals surface area contributed by atoms with Crippen LogP contribution in [-0.2, 0) is 26.1 Å². The number of hydrogen-bond donors (Lipinski definition) is 4. The van der Waals surface area contributed by atoms with Crippen LogP contribution in [0.15, 0.2) is 48.7 Å². The number of hydrogen-bond acceptors (Lipinski definition) is 6. The van der Waals surface area contributed by atoms with Crippen molar-refractivity contribution in [2.45, 2.75) is 39.9 Å². The van der Waals surface area contributed by atoms with E-state index in [1.807, 2.05) is 67.1 Å². The van der Waals surface area contributed by atoms with Crippen molar-refractivity contribution in [1.29, 1.82) is 0 Å². The van der Waals surface area contributed by atoms with Gasteiger partial charge in [-0.05, 0) is 72.8 Å². The summed E-state index contributed by atoms with van der Waals surface area (Å²) in [7, 11) is 0. The number of amides is 2. The van der Waals surface area contributed by atoms with Gasteiger partial charge in [0, 0.05) is 42.1 Å². The first-order valence-electron chi connectivity index (χ1n) is 12.9. The summed E-state index contributed by atoms with van der Waals surface area (Å²) in [6.07, 6.45) is 2.78. The second-order valence-electron chi connectivity index (χ2n) is 9.76. The zero-order chi connectivity index (χ0) is 26.2. The van der Waals surface area contributed by atoms with Gasteiger partial charge in [0.05, 0.1) is 11.4 Å². The van der Waals surface area contributed by atoms with E-state index in [-0.39, 0.29) is 11.8 Å². The quantitative estimate of drug-likeness (QED) is 0.307. The summed E-state index contributed by atoms with van der Waals surface area (Å²) in [5.74, 6) is 0.569. The predicted molar refractivity (Wildman–Crippen MR) is 151 cm³/mol. The molecule has 2 aliphatic rings. The monoisotopic (exact) mass is 526 g/mol. The molecule has 6 rings (SSSR count). The third-order valence-electron chi connectivity index (χ3n) is 7.34. The van der Waals surface area contributed by atoms with Gasteiger partial charge >= 0.3 is 0 Å². The van der Waals surface area contributed by atoms with Crippen LogP contribution in [-0.4, -0.2) is 34.5 Å². The molecule has 0 fully saturated rings. The van der Waals surface area contributed by atoms with Crippen LogP contribution >= 0.6 is 11.3 Å². The molecule has 2 aliphatic heterocycles. The molecule has 4 N–H and O–H groups in total. The molecule has 0 radical (unpaired) electrons. The third-order valence-corrected chi connectivity index (χ3v) is 8.51. The molecule has 4 aromatic rings. The van der Waals surface area contributed by atoms with Crippen molar-refractivity contribution in [1.82, 2.24) is 20.2 Å². The van der Waals surface area contributed by atoms with Crippen molar-refractivity contribution in [3.63, 3.8) is 0 Å². The maximum absolute atomic E-state index is 13.1. The molecule has 2 amide bonds. The summed E-state index contributed by atoms with van der Waals surface area (Å²) >= 11 is 1.56. The largest absolute Gasteiger partial charge is 0.332 e. The van der Waals surface area contributed by atoms with Gasteiger partial charge in [-0.3, -0.25) is 9.59 Å². The number of imidazole rings is 1. The van der Waals surface area contributed by atoms with Crippen molar-refractivity contribution < 1.29 is 9.59 Å². The molecule has 0 saturated heterocycles. The van der Waals surface area contributed by atoms with E-state index in [1.54, 1.807) is 11.3 Å². The molecule has 0 spiro atoms. The van der Waals surface area contributed by atoms with E-state index in [1.165, 1.54) is 10.4 Å². The summed E-state index contributed by atoms with van der Waals surface area (Å²) in [6.45, 7) is 8.14. The molecule has 9 heteroatoms. The summed E-state index contributed by atoms with van der Waals surface area (Å²) in [4.78, 5) is 32.6. The maximum atomic E-state index is 13.1. The molecular formula is C29H30N6O2S. The lowest BCUT2D eigenvalue weighted by atomic mass is 9.94. The van der Waals surface area contributed by atoms with Gasteiger partial charge in [0.25, 0.3) is 11.8 Å². The number of aromatic nitrogens is 2. The van der Waals surface area contributed by atoms with Crippen LogP contribution in [0.1, 0.15) is 47.6 Å². The van der Waals surface area contributed by atoms with Crippen LogP contribution in [0, 0.1) is 13.8 Å². The van der Waals surface area contributed by atoms with Gasteiger partial charge in [0.2, 0.25) is 0 Å². The Labute approximate surface area is 225 Å². The minimum atomic E-state index is -0.223. The average molecular weight is 527 g/mol. The minimum Gasteiger partial charge on any atom is -0.332 e. The van der Waals surface area contributed by atoms with E-state index in [2.05, 4.69) is 26.3 Å². The molecule has 8 nitrogen and oxygen atoms in total. The van der Waals surface area contributed by atoms with Gasteiger partial charge in [0.15, 0.2) is 0 Å². The Morgan fingerprint density at radius 1 is 0.921 bits per heavy atom. The van der Waals surface area contributed by atoms with Crippen molar-refractivity contribution in [3.05, 3.63) is 86.6 Å². The molecule has 0 unspecified atom stereocenters. The zero-order valence-corrected chi connectivity index (χ0v) is 22.3. The standard InChI is InChI=1S/C29H30N6O2S/c1-17-20(5-3-7-22(17)33-28(36)24-16-35-12-11-31-15-27(35)32-24)21-6-4-8-23(18(21)2)34-29(37)25-13-19-9-10-30-14-26(19)38-25/h3-8,13,16,30-31H,9-12,14-15H2,1-2H3,(H,33,36)(H,34,37). The Morgan fingerprint density at radius 2 is 1.61 bits per heavy atom. The third kappa shape index (κ3) is 4.64. The van der Waals surface area contributed by atoms with E-state index in [0.717, 1.165) is 76.9 Å². The summed E-state index contributed by atoms with van der Waals surface area (Å²) in [5.41, 5.74) is 7.15. The fraction of sp³-hybridized carbons (Fsp3) is 0.276. The molecule has 4 heterocycles. The van der Waals surface area contributed by atoms with Crippen molar-refractivity contribution in [2.24, 2.45) is 0 Å². The normalized spacial score (nSPS) is 14.5. The summed E-state index contributed by atoms with van der Waals surface area (Å²) < 4.78 is 2.03. The number of carbonyl (C=O) groups is 2. The lowest BCUT2D eigenvalue weighted by Crippen LogP contribution is -2.27. The topological polar surface area (TPSA) is 100 Å². The molecule has 0 saturated carbocycles. The molecule has 38 heavy (non-hydrogen) atoms. The number of fused-ring (bicyclic) bond motifs is 2. The Balaban J connectivity index is 1.23. The van der Waals surface area contributed by atoms with Crippen LogP contribution < -0.4 is 21.3 Å². The first-order valence-corrected chi connectivity index (χ1v) is 13.7. The first kappa shape index (κ1) is 24.5. The Bertz CT molecular complexity index is 1390. The van der Waals surface area contributed by atoms with Gasteiger partial charge in [-0.1, -0.05) is 24.3 Å². The van der Waals surface area contributed by atoms with Crippen LogP contribution in [0.5, 0.6) is 0 Å². The van der Waals surface area contributed by atoms with E-state index in [0.29, 0.717) is 12.2 Å². The van der Waals surface area contributed by atoms with Crippen molar-refractivity contribution in [3.8, 4) is 11.1 Å². The fourth-order valence-corrected chi connectivity index (χ4v) is 6.24. The van der Waals surface area contributed by atoms with Crippen molar-refractivity contribution in [2.75, 3.05) is 23.7 Å². The summed E-state index contributed by atoms with van der Waals surface area (Å²) in [5, 5.41) is 12.8. The number of nitrogens with zero attached hydrogens (tertiary/aromatic N) is 2. The van der Waals surface area contributed by atoms with Gasteiger partial charge in [0.1, 0.15) is 11.5 Å². The van der Waals surface area contributed by atoms with E-state index in [9.17, 15) is 9.59 Å². The van der Waals surface area contributed by atoms with Gasteiger partial charge in [-0.2, -0.15) is 0 Å². The van der Waals surface area contributed by atoms with Crippen LogP contribution in [0.4, 0.5) is 11.4 Å². The van der Waals surface area contributed by atoms with Gasteiger partial charge in [-0.25, -0.2) is 4.98 Å². The highest BCUT2D eigenvalue weighted by Gasteiger charge is 2.20. The molecular weight excluding hydrogens is 496 g/mol. The number of benzene rings is 2.